The zero-order valence-corrected chi connectivity index (χ0v) is 30.1. The molecule has 0 aromatic heterocycles. The topological polar surface area (TPSA) is 71.6 Å². The Labute approximate surface area is 315 Å². The number of likely N-dealkylation sites (N-methyl/N-ethyl adjacent to an activating group) is 1. The van der Waals surface area contributed by atoms with Gasteiger partial charge < -0.3 is 28.9 Å². The van der Waals surface area contributed by atoms with Crippen LogP contribution in [0.1, 0.15) is 27.8 Å². The first-order chi connectivity index (χ1) is 26.2. The third-order valence-corrected chi connectivity index (χ3v) is 8.89. The zero-order chi connectivity index (χ0) is 39.4. The molecular weight excluding hydrogens is 728 g/mol. The van der Waals surface area contributed by atoms with Gasteiger partial charge in [0.1, 0.15) is 11.8 Å². The Kier molecular flexibility index (Phi) is 14.0. The van der Waals surface area contributed by atoms with E-state index in [1.54, 1.807) is 13.1 Å². The molecule has 1 heterocycles. The molecule has 0 radical (unpaired) electrons. The predicted molar refractivity (Wildman–Crippen MR) is 195 cm³/mol. The first-order valence-electron chi connectivity index (χ1n) is 17.5. The van der Waals surface area contributed by atoms with E-state index in [4.69, 9.17) is 9.47 Å². The highest BCUT2D eigenvalue weighted by atomic mass is 19.4. The molecule has 1 aliphatic rings. The molecule has 0 bridgehead atoms. The van der Waals surface area contributed by atoms with E-state index in [1.165, 1.54) is 52.3 Å². The largest absolute Gasteiger partial charge is 0.573 e. The third-order valence-electron chi connectivity index (χ3n) is 8.89. The minimum Gasteiger partial charge on any atom is -0.406 e. The Morgan fingerprint density at radius 3 is 2.16 bits per heavy atom. The van der Waals surface area contributed by atoms with Crippen molar-refractivity contribution in [3.63, 3.8) is 0 Å². The van der Waals surface area contributed by atoms with Crippen molar-refractivity contribution < 1.29 is 50.1 Å². The summed E-state index contributed by atoms with van der Waals surface area (Å²) in [6, 6.07) is 25.6. The lowest BCUT2D eigenvalue weighted by atomic mass is 10.0. The highest BCUT2D eigenvalue weighted by Crippen LogP contribution is 2.29. The molecule has 1 aliphatic heterocycles. The Hall–Kier alpha value is -5.34. The number of nitrogens with zero attached hydrogens (tertiary/aromatic N) is 3. The fourth-order valence-electron chi connectivity index (χ4n) is 5.98. The second-order valence-electron chi connectivity index (χ2n) is 12.9. The van der Waals surface area contributed by atoms with Crippen LogP contribution in [0, 0.1) is 0 Å². The maximum atomic E-state index is 14.3. The maximum absolute atomic E-state index is 14.3. The molecule has 4 aromatic carbocycles. The normalized spacial score (nSPS) is 14.1. The molecule has 2 amide bonds. The summed E-state index contributed by atoms with van der Waals surface area (Å²) in [6.07, 6.45) is -6.53. The molecule has 14 heteroatoms. The Bertz CT molecular complexity index is 1860. The zero-order valence-electron chi connectivity index (χ0n) is 30.1. The molecule has 0 N–H and O–H groups in total. The summed E-state index contributed by atoms with van der Waals surface area (Å²) in [7, 11) is 1.57. The van der Waals surface area contributed by atoms with Gasteiger partial charge in [-0.3, -0.25) is 9.59 Å². The highest BCUT2D eigenvalue weighted by molar-refractivity contribution is 5.95. The van der Waals surface area contributed by atoms with Gasteiger partial charge in [-0.1, -0.05) is 66.7 Å². The van der Waals surface area contributed by atoms with E-state index >= 15 is 0 Å². The number of alkyl halides is 6. The second-order valence-corrected chi connectivity index (χ2v) is 12.9. The standard InChI is InChI=1S/C41H41F6N3O5/c1-48(20-23-54-29-33-8-5-9-36(26-33)55-41(45,46)47)39(52)37(27-31-6-3-2-4-7-31)50(28-32-12-17-35(18-13-32)49-21-24-53-25-22-49)38(51)19-14-30-10-15-34(16-11-30)40(42,43)44/h2-19,26,37H,20-25,27-29H2,1H3/b19-14+/t37-/m0/s1. The summed E-state index contributed by atoms with van der Waals surface area (Å²) < 4.78 is 92.6. The average molecular weight is 770 g/mol. The molecular formula is C41H41F6N3O5. The van der Waals surface area contributed by atoms with Crippen LogP contribution in [-0.2, 0) is 44.8 Å². The van der Waals surface area contributed by atoms with Crippen molar-refractivity contribution in [3.05, 3.63) is 137 Å². The fourth-order valence-corrected chi connectivity index (χ4v) is 5.98. The number of carbonyl (C=O) groups excluding carboxylic acids is 2. The van der Waals surface area contributed by atoms with Gasteiger partial charge >= 0.3 is 12.5 Å². The van der Waals surface area contributed by atoms with Gasteiger partial charge in [-0.2, -0.15) is 13.2 Å². The Morgan fingerprint density at radius 2 is 1.51 bits per heavy atom. The smallest absolute Gasteiger partial charge is 0.406 e. The minimum absolute atomic E-state index is 0.0371. The fraction of sp³-hybridized carbons (Fsp3) is 0.317. The monoisotopic (exact) mass is 769 g/mol. The maximum Gasteiger partial charge on any atom is 0.573 e. The Balaban J connectivity index is 1.36. The summed E-state index contributed by atoms with van der Waals surface area (Å²) in [5, 5.41) is 0. The molecule has 1 fully saturated rings. The molecule has 0 saturated carbocycles. The molecule has 55 heavy (non-hydrogen) atoms. The summed E-state index contributed by atoms with van der Waals surface area (Å²) >= 11 is 0. The van der Waals surface area contributed by atoms with Gasteiger partial charge in [0.15, 0.2) is 0 Å². The van der Waals surface area contributed by atoms with Gasteiger partial charge in [0.2, 0.25) is 11.8 Å². The van der Waals surface area contributed by atoms with Crippen LogP contribution in [-0.4, -0.2) is 80.5 Å². The van der Waals surface area contributed by atoms with Crippen molar-refractivity contribution in [2.75, 3.05) is 51.4 Å². The average Bonchev–Trinajstić information content (AvgIpc) is 3.17. The SMILES string of the molecule is CN(CCOCc1cccc(OC(F)(F)F)c1)C(=O)[C@H](Cc1ccccc1)N(Cc1ccc(N2CCOCC2)cc1)C(=O)/C=C/c1ccc(C(F)(F)F)cc1. The number of anilines is 1. The van der Waals surface area contributed by atoms with Gasteiger partial charge in [0.25, 0.3) is 0 Å². The predicted octanol–water partition coefficient (Wildman–Crippen LogP) is 7.77. The number of morpholine rings is 1. The van der Waals surface area contributed by atoms with E-state index in [1.807, 2.05) is 54.6 Å². The molecule has 8 nitrogen and oxygen atoms in total. The number of rotatable bonds is 15. The van der Waals surface area contributed by atoms with Gasteiger partial charge in [0.05, 0.1) is 32.0 Å². The first kappa shape index (κ1) is 40.8. The lowest BCUT2D eigenvalue weighted by molar-refractivity contribution is -0.274. The quantitative estimate of drug-likeness (QED) is 0.0700. The van der Waals surface area contributed by atoms with Crippen LogP contribution in [0.15, 0.2) is 109 Å². The van der Waals surface area contributed by atoms with E-state index in [2.05, 4.69) is 9.64 Å². The van der Waals surface area contributed by atoms with Crippen LogP contribution < -0.4 is 9.64 Å². The number of hydrogen-bond donors (Lipinski definition) is 0. The molecule has 1 saturated heterocycles. The van der Waals surface area contributed by atoms with Crippen LogP contribution in [0.5, 0.6) is 5.75 Å². The number of amides is 2. The molecule has 4 aromatic rings. The van der Waals surface area contributed by atoms with Crippen LogP contribution in [0.3, 0.4) is 0 Å². The highest BCUT2D eigenvalue weighted by Gasteiger charge is 2.33. The molecule has 0 aliphatic carbocycles. The molecule has 0 spiro atoms. The summed E-state index contributed by atoms with van der Waals surface area (Å²) in [5.74, 6) is -1.30. The van der Waals surface area contributed by atoms with Crippen molar-refractivity contribution in [3.8, 4) is 5.75 Å². The molecule has 0 unspecified atom stereocenters. The van der Waals surface area contributed by atoms with Gasteiger partial charge in [-0.25, -0.2) is 0 Å². The van der Waals surface area contributed by atoms with Crippen LogP contribution >= 0.6 is 0 Å². The molecule has 5 rings (SSSR count). The van der Waals surface area contributed by atoms with E-state index in [0.29, 0.717) is 24.3 Å². The number of carbonyl (C=O) groups is 2. The summed E-state index contributed by atoms with van der Waals surface area (Å²) in [4.78, 5) is 33.5. The van der Waals surface area contributed by atoms with Gasteiger partial charge in [-0.05, 0) is 64.7 Å². The lowest BCUT2D eigenvalue weighted by Crippen LogP contribution is -2.51. The summed E-state index contributed by atoms with van der Waals surface area (Å²) in [6.45, 7) is 2.84. The van der Waals surface area contributed by atoms with Crippen molar-refractivity contribution in [2.24, 2.45) is 0 Å². The van der Waals surface area contributed by atoms with Crippen molar-refractivity contribution in [1.29, 1.82) is 0 Å². The van der Waals surface area contributed by atoms with Crippen LogP contribution in [0.4, 0.5) is 32.0 Å². The lowest BCUT2D eigenvalue weighted by Gasteiger charge is -2.33. The van der Waals surface area contributed by atoms with E-state index < -0.39 is 36.0 Å². The van der Waals surface area contributed by atoms with Gasteiger partial charge in [-0.15, -0.1) is 13.2 Å². The molecule has 292 valence electrons. The Morgan fingerprint density at radius 1 is 0.836 bits per heavy atom. The first-order valence-corrected chi connectivity index (χ1v) is 17.5. The van der Waals surface area contributed by atoms with Crippen LogP contribution in [0.2, 0.25) is 0 Å². The second kappa shape index (κ2) is 18.8. The number of benzene rings is 4. The number of ether oxygens (including phenoxy) is 3. The summed E-state index contributed by atoms with van der Waals surface area (Å²) in [5.41, 5.74) is 2.52. The van der Waals surface area contributed by atoms with Crippen molar-refractivity contribution >= 4 is 23.6 Å². The van der Waals surface area contributed by atoms with Crippen molar-refractivity contribution in [2.45, 2.75) is 38.2 Å². The number of hydrogen-bond acceptors (Lipinski definition) is 6. The van der Waals surface area contributed by atoms with E-state index in [9.17, 15) is 35.9 Å². The minimum atomic E-state index is -4.83. The molecule has 1 atom stereocenters. The third kappa shape index (κ3) is 12.6. The number of halogens is 6. The van der Waals surface area contributed by atoms with Crippen molar-refractivity contribution in [1.82, 2.24) is 9.80 Å². The van der Waals surface area contributed by atoms with E-state index in [-0.39, 0.29) is 38.5 Å². The van der Waals surface area contributed by atoms with Crippen LogP contribution in [0.25, 0.3) is 6.08 Å². The van der Waals surface area contributed by atoms with Gasteiger partial charge in [0, 0.05) is 51.4 Å². The van der Waals surface area contributed by atoms with E-state index in [0.717, 1.165) is 42.0 Å².